The maximum absolute atomic E-state index is 11.5. The average molecular weight is 353 g/mol. The first-order valence-corrected chi connectivity index (χ1v) is 8.81. The van der Waals surface area contributed by atoms with E-state index in [0.717, 1.165) is 22.4 Å². The van der Waals surface area contributed by atoms with E-state index >= 15 is 0 Å². The Morgan fingerprint density at radius 2 is 1.88 bits per heavy atom. The molecule has 0 fully saturated rings. The largest absolute Gasteiger partial charge is 0.486 e. The molecular formula is C20H19NO3S. The fourth-order valence-corrected chi connectivity index (χ4v) is 3.39. The summed E-state index contributed by atoms with van der Waals surface area (Å²) >= 11 is 1.18. The minimum atomic E-state index is -0.943. The van der Waals surface area contributed by atoms with Gasteiger partial charge in [-0.3, -0.25) is 0 Å². The second-order valence-electron chi connectivity index (χ2n) is 5.84. The lowest BCUT2D eigenvalue weighted by Gasteiger charge is -2.09. The molecule has 0 atom stereocenters. The van der Waals surface area contributed by atoms with E-state index in [2.05, 4.69) is 4.98 Å². The van der Waals surface area contributed by atoms with E-state index in [4.69, 9.17) is 4.74 Å². The van der Waals surface area contributed by atoms with Crippen molar-refractivity contribution in [3.63, 3.8) is 0 Å². The number of carbonyl (C=O) groups is 1. The van der Waals surface area contributed by atoms with Gasteiger partial charge in [0.05, 0.1) is 5.69 Å². The molecule has 25 heavy (non-hydrogen) atoms. The van der Waals surface area contributed by atoms with Crippen molar-refractivity contribution in [3.05, 3.63) is 80.8 Å². The van der Waals surface area contributed by atoms with E-state index in [0.29, 0.717) is 17.1 Å². The molecule has 1 aromatic heterocycles. The van der Waals surface area contributed by atoms with Crippen LogP contribution in [0.15, 0.2) is 48.5 Å². The van der Waals surface area contributed by atoms with E-state index < -0.39 is 5.97 Å². The Morgan fingerprint density at radius 1 is 1.12 bits per heavy atom. The maximum Gasteiger partial charge on any atom is 0.347 e. The molecule has 3 rings (SSSR count). The molecule has 0 amide bonds. The number of aromatic nitrogens is 1. The lowest BCUT2D eigenvalue weighted by Crippen LogP contribution is -2.00. The van der Waals surface area contributed by atoms with Crippen LogP contribution in [-0.4, -0.2) is 16.1 Å². The Bertz CT molecular complexity index is 887. The molecule has 128 valence electrons. The zero-order chi connectivity index (χ0) is 17.8. The zero-order valence-corrected chi connectivity index (χ0v) is 15.0. The van der Waals surface area contributed by atoms with E-state index in [1.807, 2.05) is 62.4 Å². The smallest absolute Gasteiger partial charge is 0.347 e. The van der Waals surface area contributed by atoms with Gasteiger partial charge in [-0.05, 0) is 36.6 Å². The van der Waals surface area contributed by atoms with Crippen LogP contribution in [0.5, 0.6) is 5.75 Å². The summed E-state index contributed by atoms with van der Waals surface area (Å²) in [6.07, 6.45) is 0.502. The molecule has 0 radical (unpaired) electrons. The quantitative estimate of drug-likeness (QED) is 0.702. The fourth-order valence-electron chi connectivity index (χ4n) is 2.56. The molecule has 5 heteroatoms. The second kappa shape index (κ2) is 7.49. The first-order valence-electron chi connectivity index (χ1n) is 7.99. The number of hydrogen-bond acceptors (Lipinski definition) is 4. The molecule has 4 nitrogen and oxygen atoms in total. The Morgan fingerprint density at radius 3 is 2.60 bits per heavy atom. The predicted molar refractivity (Wildman–Crippen MR) is 98.6 cm³/mol. The number of thiazole rings is 1. The Kier molecular flexibility index (Phi) is 5.14. The monoisotopic (exact) mass is 353 g/mol. The minimum Gasteiger partial charge on any atom is -0.486 e. The van der Waals surface area contributed by atoms with Crippen LogP contribution in [0.25, 0.3) is 0 Å². The predicted octanol–water partition coefficient (Wildman–Crippen LogP) is 4.63. The van der Waals surface area contributed by atoms with Crippen LogP contribution in [0, 0.1) is 13.8 Å². The van der Waals surface area contributed by atoms with Crippen LogP contribution in [0.1, 0.15) is 37.1 Å². The number of carboxylic acid groups (broad SMARTS) is 1. The first kappa shape index (κ1) is 17.2. The first-order chi connectivity index (χ1) is 12.0. The molecule has 0 saturated heterocycles. The van der Waals surface area contributed by atoms with Crippen molar-refractivity contribution >= 4 is 17.3 Å². The van der Waals surface area contributed by atoms with Gasteiger partial charge in [-0.2, -0.15) is 0 Å². The molecule has 0 aliphatic heterocycles. The van der Waals surface area contributed by atoms with Gasteiger partial charge in [-0.25, -0.2) is 9.78 Å². The standard InChI is InChI=1S/C20H19NO3S/c1-13-7-6-10-17(14(13)2)24-12-18-21-16(19(25-18)20(22)23)11-15-8-4-3-5-9-15/h3-10H,11-12H2,1-2H3,(H,22,23). The number of aromatic carboxylic acids is 1. The van der Waals surface area contributed by atoms with Gasteiger partial charge in [-0.15, -0.1) is 11.3 Å². The van der Waals surface area contributed by atoms with Gasteiger partial charge in [0.15, 0.2) is 0 Å². The van der Waals surface area contributed by atoms with Crippen LogP contribution in [0.3, 0.4) is 0 Å². The molecule has 0 unspecified atom stereocenters. The molecule has 0 bridgehead atoms. The van der Waals surface area contributed by atoms with Gasteiger partial charge in [-0.1, -0.05) is 42.5 Å². The highest BCUT2D eigenvalue weighted by Crippen LogP contribution is 2.25. The van der Waals surface area contributed by atoms with Gasteiger partial charge >= 0.3 is 5.97 Å². The van der Waals surface area contributed by atoms with Crippen molar-refractivity contribution in [3.8, 4) is 5.75 Å². The third-order valence-electron chi connectivity index (χ3n) is 4.06. The van der Waals surface area contributed by atoms with Gasteiger partial charge < -0.3 is 9.84 Å². The summed E-state index contributed by atoms with van der Waals surface area (Å²) in [5.74, 6) is -0.141. The van der Waals surface area contributed by atoms with Crippen molar-refractivity contribution in [2.75, 3.05) is 0 Å². The van der Waals surface area contributed by atoms with Crippen LogP contribution < -0.4 is 4.74 Å². The van der Waals surface area contributed by atoms with Crippen LogP contribution in [0.2, 0.25) is 0 Å². The van der Waals surface area contributed by atoms with Crippen LogP contribution in [-0.2, 0) is 13.0 Å². The summed E-state index contributed by atoms with van der Waals surface area (Å²) in [7, 11) is 0. The number of carboxylic acids is 1. The molecule has 0 aliphatic rings. The molecule has 1 N–H and O–H groups in total. The Balaban J connectivity index is 1.79. The SMILES string of the molecule is Cc1cccc(OCc2nc(Cc3ccccc3)c(C(=O)O)s2)c1C. The van der Waals surface area contributed by atoms with Gasteiger partial charge in [0.1, 0.15) is 22.2 Å². The Hall–Kier alpha value is -2.66. The lowest BCUT2D eigenvalue weighted by molar-refractivity contribution is 0.0701. The van der Waals surface area contributed by atoms with E-state index in [9.17, 15) is 9.90 Å². The highest BCUT2D eigenvalue weighted by molar-refractivity contribution is 7.13. The second-order valence-corrected chi connectivity index (χ2v) is 6.92. The van der Waals surface area contributed by atoms with E-state index in [-0.39, 0.29) is 11.5 Å². The van der Waals surface area contributed by atoms with Crippen molar-refractivity contribution < 1.29 is 14.6 Å². The van der Waals surface area contributed by atoms with Gasteiger partial charge in [0.25, 0.3) is 0 Å². The molecule has 0 spiro atoms. The van der Waals surface area contributed by atoms with Crippen LogP contribution >= 0.6 is 11.3 Å². The van der Waals surface area contributed by atoms with Crippen LogP contribution in [0.4, 0.5) is 0 Å². The molecule has 1 heterocycles. The van der Waals surface area contributed by atoms with Crippen molar-refractivity contribution in [2.45, 2.75) is 26.9 Å². The number of nitrogens with zero attached hydrogens (tertiary/aromatic N) is 1. The summed E-state index contributed by atoms with van der Waals surface area (Å²) in [4.78, 5) is 16.3. The summed E-state index contributed by atoms with van der Waals surface area (Å²) in [5.41, 5.74) is 3.87. The van der Waals surface area contributed by atoms with Crippen molar-refractivity contribution in [1.82, 2.24) is 4.98 Å². The number of aryl methyl sites for hydroxylation is 1. The van der Waals surface area contributed by atoms with Crippen molar-refractivity contribution in [1.29, 1.82) is 0 Å². The fraction of sp³-hybridized carbons (Fsp3) is 0.200. The lowest BCUT2D eigenvalue weighted by atomic mass is 10.1. The summed E-state index contributed by atoms with van der Waals surface area (Å²) in [5, 5.41) is 10.1. The number of hydrogen-bond donors (Lipinski definition) is 1. The van der Waals surface area contributed by atoms with Gasteiger partial charge in [0.2, 0.25) is 0 Å². The maximum atomic E-state index is 11.5. The topological polar surface area (TPSA) is 59.4 Å². The molecular weight excluding hydrogens is 334 g/mol. The molecule has 3 aromatic rings. The minimum absolute atomic E-state index is 0.268. The number of benzene rings is 2. The number of ether oxygens (including phenoxy) is 1. The Labute approximate surface area is 150 Å². The summed E-state index contributed by atoms with van der Waals surface area (Å²) in [6.45, 7) is 4.31. The zero-order valence-electron chi connectivity index (χ0n) is 14.2. The molecule has 0 aliphatic carbocycles. The van der Waals surface area contributed by atoms with Crippen molar-refractivity contribution in [2.24, 2.45) is 0 Å². The summed E-state index contributed by atoms with van der Waals surface area (Å²) < 4.78 is 5.86. The normalized spacial score (nSPS) is 10.6. The molecule has 2 aromatic carbocycles. The summed E-state index contributed by atoms with van der Waals surface area (Å²) in [6, 6.07) is 15.6. The van der Waals surface area contributed by atoms with E-state index in [1.165, 1.54) is 11.3 Å². The third kappa shape index (κ3) is 4.06. The highest BCUT2D eigenvalue weighted by atomic mass is 32.1. The van der Waals surface area contributed by atoms with E-state index in [1.54, 1.807) is 0 Å². The number of rotatable bonds is 6. The van der Waals surface area contributed by atoms with Gasteiger partial charge in [0, 0.05) is 6.42 Å². The molecule has 0 saturated carbocycles. The average Bonchev–Trinajstić information content (AvgIpc) is 3.00. The highest BCUT2D eigenvalue weighted by Gasteiger charge is 2.18. The third-order valence-corrected chi connectivity index (χ3v) is 5.12.